The van der Waals surface area contributed by atoms with Gasteiger partial charge in [-0.3, -0.25) is 0 Å². The first kappa shape index (κ1) is 5.17. The van der Waals surface area contributed by atoms with E-state index in [1.807, 2.05) is 6.07 Å². The number of allylic oxidation sites excluding steroid dienone is 1. The van der Waals surface area contributed by atoms with Crippen molar-refractivity contribution in [2.75, 3.05) is 0 Å². The summed E-state index contributed by atoms with van der Waals surface area (Å²) in [5.41, 5.74) is -0.542. The van der Waals surface area contributed by atoms with E-state index in [0.717, 1.165) is 12.8 Å². The van der Waals surface area contributed by atoms with Gasteiger partial charge in [-0.1, -0.05) is 6.58 Å². The van der Waals surface area contributed by atoms with Crippen molar-refractivity contribution in [2.24, 2.45) is 5.41 Å². The van der Waals surface area contributed by atoms with Gasteiger partial charge >= 0.3 is 0 Å². The average molecular weight is 109 g/mol. The number of hydrogen-bond donors (Lipinski definition) is 1. The maximum Gasteiger partial charge on any atom is 0.114 e. The van der Waals surface area contributed by atoms with Crippen LogP contribution in [0, 0.1) is 16.7 Å². The van der Waals surface area contributed by atoms with Crippen LogP contribution in [0.15, 0.2) is 12.3 Å². The van der Waals surface area contributed by atoms with Gasteiger partial charge in [0.1, 0.15) is 11.2 Å². The molecule has 1 aliphatic rings. The van der Waals surface area contributed by atoms with Gasteiger partial charge < -0.3 is 5.11 Å². The smallest absolute Gasteiger partial charge is 0.114 e. The predicted molar refractivity (Wildman–Crippen MR) is 29.0 cm³/mol. The van der Waals surface area contributed by atoms with E-state index >= 15 is 0 Å². The SMILES string of the molecule is C=C(O)C1(C#N)CC1. The molecule has 0 saturated heterocycles. The molecule has 42 valence electrons. The van der Waals surface area contributed by atoms with Crippen LogP contribution < -0.4 is 0 Å². The summed E-state index contributed by atoms with van der Waals surface area (Å²) < 4.78 is 0. The van der Waals surface area contributed by atoms with Crippen LogP contribution in [0.1, 0.15) is 12.8 Å². The highest BCUT2D eigenvalue weighted by atomic mass is 16.3. The molecule has 1 aliphatic carbocycles. The van der Waals surface area contributed by atoms with Gasteiger partial charge in [0.05, 0.1) is 6.07 Å². The van der Waals surface area contributed by atoms with Crippen LogP contribution in [0.3, 0.4) is 0 Å². The van der Waals surface area contributed by atoms with E-state index in [2.05, 4.69) is 6.58 Å². The van der Waals surface area contributed by atoms with Crippen molar-refractivity contribution in [3.8, 4) is 6.07 Å². The lowest BCUT2D eigenvalue weighted by Gasteiger charge is -1.98. The molecule has 1 saturated carbocycles. The summed E-state index contributed by atoms with van der Waals surface area (Å²) in [5.74, 6) is 0.0278. The third-order valence-corrected chi connectivity index (χ3v) is 1.52. The molecule has 0 aromatic carbocycles. The number of aliphatic hydroxyl groups excluding tert-OH is 1. The lowest BCUT2D eigenvalue weighted by atomic mass is 10.1. The molecule has 0 amide bonds. The Bertz CT molecular complexity index is 162. The predicted octanol–water partition coefficient (Wildman–Crippen LogP) is 1.36. The zero-order valence-corrected chi connectivity index (χ0v) is 4.52. The molecule has 8 heavy (non-hydrogen) atoms. The molecule has 0 aromatic heterocycles. The van der Waals surface area contributed by atoms with Gasteiger partial charge in [0.25, 0.3) is 0 Å². The number of nitriles is 1. The van der Waals surface area contributed by atoms with Crippen LogP contribution in [-0.4, -0.2) is 5.11 Å². The molecule has 2 nitrogen and oxygen atoms in total. The lowest BCUT2D eigenvalue weighted by Crippen LogP contribution is -1.97. The Morgan fingerprint density at radius 2 is 2.25 bits per heavy atom. The van der Waals surface area contributed by atoms with E-state index in [-0.39, 0.29) is 5.76 Å². The topological polar surface area (TPSA) is 44.0 Å². The van der Waals surface area contributed by atoms with Crippen LogP contribution >= 0.6 is 0 Å². The van der Waals surface area contributed by atoms with Gasteiger partial charge in [0.2, 0.25) is 0 Å². The van der Waals surface area contributed by atoms with Gasteiger partial charge in [-0.2, -0.15) is 5.26 Å². The van der Waals surface area contributed by atoms with Gasteiger partial charge in [-0.05, 0) is 12.8 Å². The molecule has 1 fully saturated rings. The Labute approximate surface area is 48.1 Å². The van der Waals surface area contributed by atoms with Gasteiger partial charge in [0.15, 0.2) is 0 Å². The van der Waals surface area contributed by atoms with E-state index in [1.165, 1.54) is 0 Å². The largest absolute Gasteiger partial charge is 0.511 e. The normalized spacial score (nSPS) is 21.4. The molecule has 0 bridgehead atoms. The Kier molecular flexibility index (Phi) is 0.811. The highest BCUT2D eigenvalue weighted by molar-refractivity contribution is 5.23. The fourth-order valence-corrected chi connectivity index (χ4v) is 0.590. The fraction of sp³-hybridized carbons (Fsp3) is 0.500. The average Bonchev–Trinajstić information content (AvgIpc) is 2.44. The molecule has 1 rings (SSSR count). The monoisotopic (exact) mass is 109 g/mol. The zero-order chi connectivity index (χ0) is 6.20. The number of hydrogen-bond acceptors (Lipinski definition) is 2. The Hall–Kier alpha value is -0.970. The summed E-state index contributed by atoms with van der Waals surface area (Å²) in [4.78, 5) is 0. The van der Waals surface area contributed by atoms with E-state index in [4.69, 9.17) is 10.4 Å². The van der Waals surface area contributed by atoms with Crippen molar-refractivity contribution < 1.29 is 5.11 Å². The van der Waals surface area contributed by atoms with E-state index in [0.29, 0.717) is 0 Å². The molecule has 0 spiro atoms. The van der Waals surface area contributed by atoms with Crippen molar-refractivity contribution in [3.63, 3.8) is 0 Å². The second-order valence-electron chi connectivity index (χ2n) is 2.14. The van der Waals surface area contributed by atoms with Crippen LogP contribution in [0.4, 0.5) is 0 Å². The minimum Gasteiger partial charge on any atom is -0.511 e. The number of nitrogens with zero attached hydrogens (tertiary/aromatic N) is 1. The number of aliphatic hydroxyl groups is 1. The van der Waals surface area contributed by atoms with Crippen molar-refractivity contribution >= 4 is 0 Å². The second kappa shape index (κ2) is 1.25. The van der Waals surface area contributed by atoms with Crippen LogP contribution in [0.2, 0.25) is 0 Å². The maximum absolute atomic E-state index is 8.73. The molecule has 0 aliphatic heterocycles. The van der Waals surface area contributed by atoms with Crippen LogP contribution in [-0.2, 0) is 0 Å². The van der Waals surface area contributed by atoms with Crippen LogP contribution in [0.25, 0.3) is 0 Å². The standard InChI is InChI=1S/C6H7NO/c1-5(8)6(4-7)2-3-6/h8H,1-3H2. The van der Waals surface area contributed by atoms with Gasteiger partial charge in [-0.15, -0.1) is 0 Å². The third kappa shape index (κ3) is 0.481. The second-order valence-corrected chi connectivity index (χ2v) is 2.14. The minimum absolute atomic E-state index is 0.0278. The lowest BCUT2D eigenvalue weighted by molar-refractivity contribution is 0.354. The van der Waals surface area contributed by atoms with E-state index in [1.54, 1.807) is 0 Å². The Morgan fingerprint density at radius 1 is 1.75 bits per heavy atom. The molecule has 2 heteroatoms. The molecular weight excluding hydrogens is 102 g/mol. The molecule has 0 heterocycles. The van der Waals surface area contributed by atoms with E-state index in [9.17, 15) is 0 Å². The van der Waals surface area contributed by atoms with E-state index < -0.39 is 5.41 Å². The summed E-state index contributed by atoms with van der Waals surface area (Å²) in [5, 5.41) is 17.1. The summed E-state index contributed by atoms with van der Waals surface area (Å²) in [6, 6.07) is 2.00. The van der Waals surface area contributed by atoms with Gasteiger partial charge in [-0.25, -0.2) is 0 Å². The van der Waals surface area contributed by atoms with Crippen molar-refractivity contribution in [3.05, 3.63) is 12.3 Å². The van der Waals surface area contributed by atoms with Crippen molar-refractivity contribution in [1.82, 2.24) is 0 Å². The first-order valence-corrected chi connectivity index (χ1v) is 2.51. The summed E-state index contributed by atoms with van der Waals surface area (Å²) in [7, 11) is 0. The highest BCUT2D eigenvalue weighted by Crippen LogP contribution is 2.49. The van der Waals surface area contributed by atoms with Crippen molar-refractivity contribution in [2.45, 2.75) is 12.8 Å². The van der Waals surface area contributed by atoms with Gasteiger partial charge in [0, 0.05) is 0 Å². The summed E-state index contributed by atoms with van der Waals surface area (Å²) in [6.45, 7) is 3.29. The molecule has 0 aromatic rings. The fourth-order valence-electron chi connectivity index (χ4n) is 0.590. The number of rotatable bonds is 1. The third-order valence-electron chi connectivity index (χ3n) is 1.52. The maximum atomic E-state index is 8.73. The van der Waals surface area contributed by atoms with Crippen molar-refractivity contribution in [1.29, 1.82) is 5.26 Å². The Morgan fingerprint density at radius 3 is 2.25 bits per heavy atom. The first-order chi connectivity index (χ1) is 3.71. The van der Waals surface area contributed by atoms with Crippen LogP contribution in [0.5, 0.6) is 0 Å². The molecule has 0 unspecified atom stereocenters. The molecule has 0 radical (unpaired) electrons. The highest BCUT2D eigenvalue weighted by Gasteiger charge is 2.46. The minimum atomic E-state index is -0.542. The molecular formula is C6H7NO. The molecule has 0 atom stereocenters. The summed E-state index contributed by atoms with van der Waals surface area (Å²) in [6.07, 6.45) is 1.55. The quantitative estimate of drug-likeness (QED) is 0.516. The summed E-state index contributed by atoms with van der Waals surface area (Å²) >= 11 is 0. The first-order valence-electron chi connectivity index (χ1n) is 2.51. The zero-order valence-electron chi connectivity index (χ0n) is 4.52. The molecule has 1 N–H and O–H groups in total. The Balaban J connectivity index is 2.71.